The van der Waals surface area contributed by atoms with E-state index in [1.807, 2.05) is 12.1 Å². The van der Waals surface area contributed by atoms with Gasteiger partial charge in [0.1, 0.15) is 5.75 Å². The van der Waals surface area contributed by atoms with Gasteiger partial charge in [-0.1, -0.05) is 37.6 Å². The largest absolute Gasteiger partial charge is 0.508 e. The predicted octanol–water partition coefficient (Wildman–Crippen LogP) is 3.29. The molecule has 3 heteroatoms. The number of benzene rings is 1. The molecule has 114 valence electrons. The lowest BCUT2D eigenvalue weighted by atomic mass is 9.56. The first-order valence-corrected chi connectivity index (χ1v) is 7.69. The van der Waals surface area contributed by atoms with Gasteiger partial charge in [0.15, 0.2) is 0 Å². The molecule has 21 heavy (non-hydrogen) atoms. The highest BCUT2D eigenvalue weighted by Crippen LogP contribution is 2.55. The van der Waals surface area contributed by atoms with E-state index >= 15 is 0 Å². The Kier molecular flexibility index (Phi) is 3.58. The van der Waals surface area contributed by atoms with Crippen molar-refractivity contribution in [1.82, 2.24) is 0 Å². The van der Waals surface area contributed by atoms with Crippen molar-refractivity contribution in [2.24, 2.45) is 23.2 Å². The number of hydrogen-bond acceptors (Lipinski definition) is 3. The first-order chi connectivity index (χ1) is 9.99. The van der Waals surface area contributed by atoms with E-state index in [1.165, 1.54) is 5.57 Å². The lowest BCUT2D eigenvalue weighted by Crippen LogP contribution is -2.53. The third kappa shape index (κ3) is 2.11. The van der Waals surface area contributed by atoms with Gasteiger partial charge >= 0.3 is 0 Å². The molecule has 1 aliphatic carbocycles. The molecular formula is C18H24O3. The van der Waals surface area contributed by atoms with Crippen molar-refractivity contribution in [1.29, 1.82) is 0 Å². The van der Waals surface area contributed by atoms with Gasteiger partial charge in [0, 0.05) is 11.3 Å². The molecule has 3 rings (SSSR count). The van der Waals surface area contributed by atoms with Crippen LogP contribution >= 0.6 is 0 Å². The third-order valence-electron chi connectivity index (χ3n) is 5.76. The topological polar surface area (TPSA) is 49.7 Å². The minimum atomic E-state index is -0.169. The summed E-state index contributed by atoms with van der Waals surface area (Å²) < 4.78 is 6.19. The maximum Gasteiger partial charge on any atom is 0.115 e. The standard InChI is InChI=1S/C18H24O3/c1-11-8-12(2)18(9-19)10-21-17(16(11)13(18)3)14-4-6-15(20)7-5-14/h4-8,12-13,16-17,19-20H,9-10H2,1-3H3/t12-,13-,16-,17+,18-/m0/s1. The number of fused-ring (bicyclic) bond motifs is 2. The van der Waals surface area contributed by atoms with Crippen molar-refractivity contribution in [2.75, 3.05) is 13.2 Å². The van der Waals surface area contributed by atoms with Gasteiger partial charge in [0.25, 0.3) is 0 Å². The number of aromatic hydroxyl groups is 1. The van der Waals surface area contributed by atoms with E-state index in [2.05, 4.69) is 26.8 Å². The van der Waals surface area contributed by atoms with Crippen LogP contribution in [0.4, 0.5) is 0 Å². The maximum absolute atomic E-state index is 9.97. The van der Waals surface area contributed by atoms with Gasteiger partial charge in [0.2, 0.25) is 0 Å². The molecule has 0 aromatic heterocycles. The van der Waals surface area contributed by atoms with Crippen molar-refractivity contribution >= 4 is 0 Å². The Morgan fingerprint density at radius 1 is 1.24 bits per heavy atom. The summed E-state index contributed by atoms with van der Waals surface area (Å²) in [7, 11) is 0. The number of phenols is 1. The molecule has 1 aliphatic heterocycles. The number of aliphatic hydroxyl groups excluding tert-OH is 1. The number of phenolic OH excluding ortho intramolecular Hbond substituents is 1. The van der Waals surface area contributed by atoms with E-state index < -0.39 is 0 Å². The van der Waals surface area contributed by atoms with Gasteiger partial charge in [-0.25, -0.2) is 0 Å². The van der Waals surface area contributed by atoms with Gasteiger partial charge in [-0.05, 0) is 36.5 Å². The Morgan fingerprint density at radius 3 is 2.52 bits per heavy atom. The molecule has 0 radical (unpaired) electrons. The first-order valence-electron chi connectivity index (χ1n) is 7.69. The summed E-state index contributed by atoms with van der Waals surface area (Å²) in [5.74, 6) is 1.26. The fraction of sp³-hybridized carbons (Fsp3) is 0.556. The smallest absolute Gasteiger partial charge is 0.115 e. The van der Waals surface area contributed by atoms with Crippen molar-refractivity contribution in [3.63, 3.8) is 0 Å². The van der Waals surface area contributed by atoms with Gasteiger partial charge in [-0.3, -0.25) is 0 Å². The Morgan fingerprint density at radius 2 is 1.90 bits per heavy atom. The molecule has 1 heterocycles. The molecule has 0 unspecified atom stereocenters. The van der Waals surface area contributed by atoms with Crippen molar-refractivity contribution in [2.45, 2.75) is 26.9 Å². The summed E-state index contributed by atoms with van der Waals surface area (Å²) >= 11 is 0. The van der Waals surface area contributed by atoms with Crippen molar-refractivity contribution in [3.8, 4) is 5.75 Å². The fourth-order valence-corrected chi connectivity index (χ4v) is 4.25. The van der Waals surface area contributed by atoms with Crippen LogP contribution in [0.2, 0.25) is 0 Å². The molecule has 2 bridgehead atoms. The highest BCUT2D eigenvalue weighted by atomic mass is 16.5. The summed E-state index contributed by atoms with van der Waals surface area (Å²) in [6.45, 7) is 7.33. The molecule has 1 aromatic rings. The van der Waals surface area contributed by atoms with Crippen LogP contribution in [0.3, 0.4) is 0 Å². The molecule has 0 saturated carbocycles. The van der Waals surface area contributed by atoms with Crippen LogP contribution in [0.25, 0.3) is 0 Å². The molecule has 2 aliphatic rings. The second-order valence-electron chi connectivity index (χ2n) is 6.73. The number of ether oxygens (including phenoxy) is 1. The molecule has 5 atom stereocenters. The predicted molar refractivity (Wildman–Crippen MR) is 81.9 cm³/mol. The fourth-order valence-electron chi connectivity index (χ4n) is 4.25. The SMILES string of the molecule is CC1=C[C@H](C)[C@]2(CO)CO[C@H](c3ccc(O)cc3)[C@@H]1[C@@H]2C. The minimum Gasteiger partial charge on any atom is -0.508 e. The van der Waals surface area contributed by atoms with Crippen LogP contribution in [0.15, 0.2) is 35.9 Å². The third-order valence-corrected chi connectivity index (χ3v) is 5.76. The average molecular weight is 288 g/mol. The monoisotopic (exact) mass is 288 g/mol. The van der Waals surface area contributed by atoms with E-state index in [4.69, 9.17) is 4.74 Å². The first kappa shape index (κ1) is 14.6. The van der Waals surface area contributed by atoms with E-state index in [0.29, 0.717) is 18.4 Å². The Bertz CT molecular complexity index is 548. The summed E-state index contributed by atoms with van der Waals surface area (Å²) in [6.07, 6.45) is 2.31. The number of allylic oxidation sites excluding steroid dienone is 1. The summed E-state index contributed by atoms with van der Waals surface area (Å²) in [5, 5.41) is 19.4. The molecule has 1 fully saturated rings. The van der Waals surface area contributed by atoms with Crippen LogP contribution in [-0.2, 0) is 4.74 Å². The average Bonchev–Trinajstić information content (AvgIpc) is 2.46. The van der Waals surface area contributed by atoms with Crippen LogP contribution in [0.1, 0.15) is 32.4 Å². The molecule has 3 nitrogen and oxygen atoms in total. The van der Waals surface area contributed by atoms with Crippen LogP contribution in [0, 0.1) is 23.2 Å². The summed E-state index contributed by atoms with van der Waals surface area (Å²) in [5.41, 5.74) is 2.27. The van der Waals surface area contributed by atoms with Crippen molar-refractivity contribution < 1.29 is 14.9 Å². The molecule has 2 N–H and O–H groups in total. The van der Waals surface area contributed by atoms with Crippen LogP contribution < -0.4 is 0 Å². The van der Waals surface area contributed by atoms with Gasteiger partial charge in [-0.2, -0.15) is 0 Å². The zero-order chi connectivity index (χ0) is 15.2. The highest BCUT2D eigenvalue weighted by Gasteiger charge is 2.53. The number of aliphatic hydroxyl groups is 1. The van der Waals surface area contributed by atoms with E-state index in [0.717, 1.165) is 5.56 Å². The normalized spacial score (nSPS) is 39.0. The Labute approximate surface area is 126 Å². The maximum atomic E-state index is 9.97. The van der Waals surface area contributed by atoms with Crippen LogP contribution in [-0.4, -0.2) is 23.4 Å². The number of hydrogen-bond donors (Lipinski definition) is 2. The van der Waals surface area contributed by atoms with Crippen LogP contribution in [0.5, 0.6) is 5.75 Å². The summed E-state index contributed by atoms with van der Waals surface area (Å²) in [6, 6.07) is 7.29. The Balaban J connectivity index is 2.01. The second kappa shape index (κ2) is 5.15. The zero-order valence-corrected chi connectivity index (χ0v) is 12.9. The number of rotatable bonds is 2. The molecular weight excluding hydrogens is 264 g/mol. The van der Waals surface area contributed by atoms with E-state index in [-0.39, 0.29) is 29.8 Å². The molecule has 0 amide bonds. The van der Waals surface area contributed by atoms with Crippen molar-refractivity contribution in [3.05, 3.63) is 41.5 Å². The molecule has 1 saturated heterocycles. The zero-order valence-electron chi connectivity index (χ0n) is 12.9. The van der Waals surface area contributed by atoms with E-state index in [1.54, 1.807) is 12.1 Å². The molecule has 0 spiro atoms. The Hall–Kier alpha value is -1.32. The lowest BCUT2D eigenvalue weighted by Gasteiger charge is -2.55. The lowest BCUT2D eigenvalue weighted by molar-refractivity contribution is -0.165. The van der Waals surface area contributed by atoms with Gasteiger partial charge in [0.05, 0.1) is 19.3 Å². The second-order valence-corrected chi connectivity index (χ2v) is 6.73. The minimum absolute atomic E-state index is 0.00373. The highest BCUT2D eigenvalue weighted by molar-refractivity contribution is 5.31. The van der Waals surface area contributed by atoms with Gasteiger partial charge < -0.3 is 14.9 Å². The van der Waals surface area contributed by atoms with E-state index in [9.17, 15) is 10.2 Å². The quantitative estimate of drug-likeness (QED) is 0.821. The van der Waals surface area contributed by atoms with Gasteiger partial charge in [-0.15, -0.1) is 0 Å². The summed E-state index contributed by atoms with van der Waals surface area (Å²) in [4.78, 5) is 0. The molecule has 1 aromatic carbocycles.